The van der Waals surface area contributed by atoms with E-state index in [2.05, 4.69) is 33.6 Å². The van der Waals surface area contributed by atoms with E-state index in [1.165, 1.54) is 6.07 Å². The summed E-state index contributed by atoms with van der Waals surface area (Å²) in [5, 5.41) is 3.97. The summed E-state index contributed by atoms with van der Waals surface area (Å²) in [5.41, 5.74) is 1.53. The predicted molar refractivity (Wildman–Crippen MR) is 130 cm³/mol. The van der Waals surface area contributed by atoms with E-state index in [4.69, 9.17) is 4.52 Å². The van der Waals surface area contributed by atoms with Gasteiger partial charge in [-0.25, -0.2) is 17.5 Å². The van der Waals surface area contributed by atoms with Crippen LogP contribution in [0.25, 0.3) is 0 Å². The molecule has 3 rings (SSSR count). The second-order valence-electron chi connectivity index (χ2n) is 8.21. The van der Waals surface area contributed by atoms with Crippen LogP contribution in [0.5, 0.6) is 0 Å². The third-order valence-corrected chi connectivity index (χ3v) is 7.23. The number of nitrogens with one attached hydrogen (secondary N) is 1. The molecule has 0 aliphatic heterocycles. The molecule has 0 aliphatic carbocycles. The first-order valence-electron chi connectivity index (χ1n) is 11.7. The van der Waals surface area contributed by atoms with Gasteiger partial charge < -0.3 is 9.42 Å². The van der Waals surface area contributed by atoms with Crippen molar-refractivity contribution in [1.29, 1.82) is 0 Å². The number of halogens is 1. The summed E-state index contributed by atoms with van der Waals surface area (Å²) in [4.78, 5) is 6.59. The van der Waals surface area contributed by atoms with Crippen LogP contribution >= 0.6 is 0 Å². The maximum absolute atomic E-state index is 14.0. The lowest BCUT2D eigenvalue weighted by Gasteiger charge is -2.19. The highest BCUT2D eigenvalue weighted by Gasteiger charge is 2.25. The smallest absolute Gasteiger partial charge is 0.244 e. The Morgan fingerprint density at radius 1 is 1.06 bits per heavy atom. The van der Waals surface area contributed by atoms with Gasteiger partial charge in [0, 0.05) is 6.42 Å². The van der Waals surface area contributed by atoms with Gasteiger partial charge in [-0.15, -0.1) is 0 Å². The highest BCUT2D eigenvalue weighted by atomic mass is 32.2. The number of benzene rings is 2. The second-order valence-corrected chi connectivity index (χ2v) is 10.1. The Morgan fingerprint density at radius 3 is 2.47 bits per heavy atom. The molecule has 1 aromatic heterocycles. The number of sulfonamides is 1. The molecule has 9 heteroatoms. The standard InChI is InChI=1S/C25H33FN4O3S/c1-3-30(4-2)17-10-18-34(31,32)29-23(16-15-20-11-6-5-7-12-20)25-27-24(28-33-25)19-21-13-8-9-14-22(21)26/h5-9,11-14,23,29H,3-4,10,15-19H2,1-2H3/t23-/m1/s1. The van der Waals surface area contributed by atoms with Gasteiger partial charge in [0.15, 0.2) is 5.82 Å². The molecule has 34 heavy (non-hydrogen) atoms. The molecule has 1 atom stereocenters. The van der Waals surface area contributed by atoms with Crippen LogP contribution in [0.15, 0.2) is 59.1 Å². The minimum absolute atomic E-state index is 0.0154. The largest absolute Gasteiger partial charge is 0.338 e. The molecule has 7 nitrogen and oxygen atoms in total. The van der Waals surface area contributed by atoms with Gasteiger partial charge in [0.05, 0.1) is 5.75 Å². The van der Waals surface area contributed by atoms with E-state index in [9.17, 15) is 12.8 Å². The van der Waals surface area contributed by atoms with Crippen molar-refractivity contribution in [3.63, 3.8) is 0 Å². The van der Waals surface area contributed by atoms with Crippen molar-refractivity contribution >= 4 is 10.0 Å². The van der Waals surface area contributed by atoms with Gasteiger partial charge in [-0.3, -0.25) is 0 Å². The summed E-state index contributed by atoms with van der Waals surface area (Å²) in [6.07, 6.45) is 1.79. The maximum Gasteiger partial charge on any atom is 0.244 e. The number of aryl methyl sites for hydroxylation is 1. The summed E-state index contributed by atoms with van der Waals surface area (Å²) in [6.45, 7) is 6.61. The molecule has 0 saturated carbocycles. The first kappa shape index (κ1) is 26.0. The van der Waals surface area contributed by atoms with Crippen LogP contribution in [-0.2, 0) is 22.9 Å². The molecular weight excluding hydrogens is 455 g/mol. The third-order valence-electron chi connectivity index (χ3n) is 5.76. The molecule has 2 aromatic carbocycles. The minimum atomic E-state index is -3.57. The van der Waals surface area contributed by atoms with Gasteiger partial charge in [0.2, 0.25) is 15.9 Å². The van der Waals surface area contributed by atoms with Crippen molar-refractivity contribution in [1.82, 2.24) is 19.8 Å². The maximum atomic E-state index is 14.0. The number of hydrogen-bond acceptors (Lipinski definition) is 6. The monoisotopic (exact) mass is 488 g/mol. The van der Waals surface area contributed by atoms with E-state index >= 15 is 0 Å². The number of nitrogens with zero attached hydrogens (tertiary/aromatic N) is 3. The van der Waals surface area contributed by atoms with Crippen molar-refractivity contribution in [2.45, 2.75) is 45.6 Å². The zero-order valence-corrected chi connectivity index (χ0v) is 20.6. The fourth-order valence-electron chi connectivity index (χ4n) is 3.78. The molecular formula is C25H33FN4O3S. The van der Waals surface area contributed by atoms with E-state index in [0.29, 0.717) is 30.7 Å². The fourth-order valence-corrected chi connectivity index (χ4v) is 5.05. The zero-order chi connectivity index (χ0) is 24.4. The van der Waals surface area contributed by atoms with E-state index < -0.39 is 16.1 Å². The van der Waals surface area contributed by atoms with Gasteiger partial charge in [0.1, 0.15) is 11.9 Å². The molecule has 184 valence electrons. The molecule has 1 heterocycles. The molecule has 0 bridgehead atoms. The first-order valence-corrected chi connectivity index (χ1v) is 13.4. The van der Waals surface area contributed by atoms with Crippen LogP contribution < -0.4 is 4.72 Å². The zero-order valence-electron chi connectivity index (χ0n) is 19.8. The SMILES string of the molecule is CCN(CC)CCCS(=O)(=O)N[C@H](CCc1ccccc1)c1nc(Cc2ccccc2F)no1. The quantitative estimate of drug-likeness (QED) is 0.367. The average molecular weight is 489 g/mol. The Balaban J connectivity index is 1.71. The van der Waals surface area contributed by atoms with Gasteiger partial charge in [-0.05, 0) is 56.1 Å². The molecule has 0 saturated heterocycles. The average Bonchev–Trinajstić information content (AvgIpc) is 3.30. The van der Waals surface area contributed by atoms with Crippen molar-refractivity contribution in [3.8, 4) is 0 Å². The molecule has 0 spiro atoms. The molecule has 3 aromatic rings. The minimum Gasteiger partial charge on any atom is -0.338 e. The Morgan fingerprint density at radius 2 is 1.76 bits per heavy atom. The van der Waals surface area contributed by atoms with Gasteiger partial charge in [-0.1, -0.05) is 67.5 Å². The lowest BCUT2D eigenvalue weighted by atomic mass is 10.1. The summed E-state index contributed by atoms with van der Waals surface area (Å²) < 4.78 is 47.9. The normalized spacial score (nSPS) is 12.8. The van der Waals surface area contributed by atoms with Gasteiger partial charge in [-0.2, -0.15) is 4.98 Å². The lowest BCUT2D eigenvalue weighted by molar-refractivity contribution is 0.304. The Hall–Kier alpha value is -2.62. The van der Waals surface area contributed by atoms with Crippen LogP contribution in [0.3, 0.4) is 0 Å². The fraction of sp³-hybridized carbons (Fsp3) is 0.440. The van der Waals surface area contributed by atoms with E-state index in [1.54, 1.807) is 18.2 Å². The molecule has 0 amide bonds. The van der Waals surface area contributed by atoms with Crippen LogP contribution in [0.1, 0.15) is 55.6 Å². The Labute approximate surface area is 201 Å². The second kappa shape index (κ2) is 12.7. The highest BCUT2D eigenvalue weighted by molar-refractivity contribution is 7.89. The van der Waals surface area contributed by atoms with Crippen LogP contribution in [0.4, 0.5) is 4.39 Å². The number of hydrogen-bond donors (Lipinski definition) is 1. The Bertz CT molecular complexity index is 1120. The number of aromatic nitrogens is 2. The van der Waals surface area contributed by atoms with Crippen molar-refractivity contribution < 1.29 is 17.3 Å². The topological polar surface area (TPSA) is 88.3 Å². The van der Waals surface area contributed by atoms with E-state index in [0.717, 1.165) is 25.2 Å². The molecule has 1 N–H and O–H groups in total. The van der Waals surface area contributed by atoms with Gasteiger partial charge in [0.25, 0.3) is 0 Å². The molecule has 0 unspecified atom stereocenters. The van der Waals surface area contributed by atoms with Crippen molar-refractivity contribution in [2.24, 2.45) is 0 Å². The van der Waals surface area contributed by atoms with Crippen LogP contribution in [-0.4, -0.2) is 48.8 Å². The number of rotatable bonds is 14. The van der Waals surface area contributed by atoms with E-state index in [1.807, 2.05) is 30.3 Å². The molecule has 0 radical (unpaired) electrons. The summed E-state index contributed by atoms with van der Waals surface area (Å²) in [5.74, 6) is 0.171. The van der Waals surface area contributed by atoms with Crippen molar-refractivity contribution in [3.05, 3.63) is 83.3 Å². The first-order chi connectivity index (χ1) is 16.4. The molecule has 0 fully saturated rings. The van der Waals surface area contributed by atoms with E-state index in [-0.39, 0.29) is 23.9 Å². The predicted octanol–water partition coefficient (Wildman–Crippen LogP) is 4.12. The van der Waals surface area contributed by atoms with Crippen molar-refractivity contribution in [2.75, 3.05) is 25.4 Å². The van der Waals surface area contributed by atoms with Gasteiger partial charge >= 0.3 is 0 Å². The van der Waals surface area contributed by atoms with Crippen LogP contribution in [0.2, 0.25) is 0 Å². The third kappa shape index (κ3) is 8.00. The molecule has 0 aliphatic rings. The summed E-state index contributed by atoms with van der Waals surface area (Å²) >= 11 is 0. The highest BCUT2D eigenvalue weighted by Crippen LogP contribution is 2.21. The summed E-state index contributed by atoms with van der Waals surface area (Å²) in [6, 6.07) is 15.6. The lowest BCUT2D eigenvalue weighted by Crippen LogP contribution is -2.33. The summed E-state index contributed by atoms with van der Waals surface area (Å²) in [7, 11) is -3.57. The van der Waals surface area contributed by atoms with Crippen LogP contribution in [0, 0.1) is 5.82 Å². The Kier molecular flexibility index (Phi) is 9.74.